The molecule has 0 spiro atoms. The molecule has 0 radical (unpaired) electrons. The number of halogens is 1. The summed E-state index contributed by atoms with van der Waals surface area (Å²) in [6, 6.07) is 11.7. The van der Waals surface area contributed by atoms with Gasteiger partial charge in [-0.15, -0.1) is 34.2 Å². The number of aliphatic hydroxyl groups excluding tert-OH is 1. The number of aromatic nitrogens is 4. The van der Waals surface area contributed by atoms with E-state index < -0.39 is 6.10 Å². The van der Waals surface area contributed by atoms with Crippen LogP contribution in [0.3, 0.4) is 0 Å². The van der Waals surface area contributed by atoms with E-state index in [-0.39, 0.29) is 30.0 Å². The van der Waals surface area contributed by atoms with E-state index in [0.29, 0.717) is 25.7 Å². The van der Waals surface area contributed by atoms with Gasteiger partial charge in [-0.05, 0) is 30.7 Å². The number of nitrogens with one attached hydrogen (secondary N) is 2. The third-order valence-electron chi connectivity index (χ3n) is 5.38. The Labute approximate surface area is 204 Å². The van der Waals surface area contributed by atoms with Gasteiger partial charge in [0.2, 0.25) is 0 Å². The lowest BCUT2D eigenvalue weighted by atomic mass is 10.0. The predicted octanol–water partition coefficient (Wildman–Crippen LogP) is 2.43. The maximum atomic E-state index is 10.5. The zero-order valence-electron chi connectivity index (χ0n) is 18.1. The highest BCUT2D eigenvalue weighted by Crippen LogP contribution is 2.31. The molecule has 9 nitrogen and oxygen atoms in total. The molecule has 0 amide bonds. The number of guanidine groups is 1. The molecular formula is C22H28IN7O2. The number of hydrogen-bond acceptors (Lipinski definition) is 6. The van der Waals surface area contributed by atoms with Gasteiger partial charge in [0.15, 0.2) is 11.8 Å². The van der Waals surface area contributed by atoms with Crippen molar-refractivity contribution in [3.05, 3.63) is 71.6 Å². The molecule has 2 aromatic heterocycles. The van der Waals surface area contributed by atoms with Gasteiger partial charge >= 0.3 is 0 Å². The zero-order valence-corrected chi connectivity index (χ0v) is 20.4. The molecule has 170 valence electrons. The summed E-state index contributed by atoms with van der Waals surface area (Å²) in [7, 11) is 1.92. The first kappa shape index (κ1) is 23.9. The van der Waals surface area contributed by atoms with Gasteiger partial charge in [0, 0.05) is 38.0 Å². The Morgan fingerprint density at radius 2 is 2.03 bits per heavy atom. The first-order valence-electron chi connectivity index (χ1n) is 10.3. The molecule has 0 bridgehead atoms. The fourth-order valence-electron chi connectivity index (χ4n) is 3.44. The number of pyridine rings is 1. The van der Waals surface area contributed by atoms with Crippen molar-refractivity contribution in [2.75, 3.05) is 13.2 Å². The molecule has 0 saturated carbocycles. The van der Waals surface area contributed by atoms with Crippen LogP contribution in [0.4, 0.5) is 0 Å². The van der Waals surface area contributed by atoms with Crippen LogP contribution in [0.15, 0.2) is 53.8 Å². The number of nitrogens with zero attached hydrogens (tertiary/aromatic N) is 5. The number of aliphatic imine (C=N–C) groups is 1. The molecule has 0 fully saturated rings. The van der Waals surface area contributed by atoms with Crippen molar-refractivity contribution in [1.82, 2.24) is 30.4 Å². The Kier molecular flexibility index (Phi) is 8.39. The third kappa shape index (κ3) is 5.74. The van der Waals surface area contributed by atoms with Crippen molar-refractivity contribution >= 4 is 29.9 Å². The molecule has 0 saturated heterocycles. The van der Waals surface area contributed by atoms with E-state index >= 15 is 0 Å². The predicted molar refractivity (Wildman–Crippen MR) is 132 cm³/mol. The topological polar surface area (TPSA) is 109 Å². The molecule has 2 unspecified atom stereocenters. The smallest absolute Gasteiger partial charge is 0.192 e. The third-order valence-corrected chi connectivity index (χ3v) is 5.38. The van der Waals surface area contributed by atoms with Crippen molar-refractivity contribution in [1.29, 1.82) is 0 Å². The number of hydrogen-bond donors (Lipinski definition) is 3. The monoisotopic (exact) mass is 549 g/mol. The number of ether oxygens (including phenoxy) is 1. The van der Waals surface area contributed by atoms with Gasteiger partial charge in [-0.1, -0.05) is 18.2 Å². The van der Waals surface area contributed by atoms with Crippen molar-refractivity contribution in [3.63, 3.8) is 0 Å². The number of benzene rings is 1. The highest BCUT2D eigenvalue weighted by atomic mass is 127. The van der Waals surface area contributed by atoms with Crippen LogP contribution in [0.2, 0.25) is 0 Å². The Hall–Kier alpha value is -2.73. The maximum Gasteiger partial charge on any atom is 0.192 e. The molecule has 2 atom stereocenters. The van der Waals surface area contributed by atoms with Crippen LogP contribution in [-0.4, -0.2) is 44.0 Å². The minimum Gasteiger partial charge on any atom is -0.493 e. The summed E-state index contributed by atoms with van der Waals surface area (Å²) in [4.78, 5) is 8.71. The van der Waals surface area contributed by atoms with Crippen molar-refractivity contribution < 1.29 is 9.84 Å². The highest BCUT2D eigenvalue weighted by molar-refractivity contribution is 14.0. The summed E-state index contributed by atoms with van der Waals surface area (Å²) in [5.41, 5.74) is 1.88. The molecule has 1 aliphatic heterocycles. The summed E-state index contributed by atoms with van der Waals surface area (Å²) < 4.78 is 7.68. The quantitative estimate of drug-likeness (QED) is 0.246. The Bertz CT molecular complexity index is 1040. The lowest BCUT2D eigenvalue weighted by molar-refractivity contribution is 0.180. The van der Waals surface area contributed by atoms with Crippen molar-refractivity contribution in [3.8, 4) is 5.75 Å². The SMILES string of the molecule is Cc1nnc(CN=C(NCC(O)c2ccncc2)NC2CCOc3ccccc32)n1C.I. The minimum atomic E-state index is -0.686. The first-order chi connectivity index (χ1) is 15.1. The second-order valence-corrected chi connectivity index (χ2v) is 7.44. The van der Waals surface area contributed by atoms with E-state index in [4.69, 9.17) is 9.73 Å². The van der Waals surface area contributed by atoms with E-state index in [2.05, 4.69) is 31.9 Å². The van der Waals surface area contributed by atoms with Crippen LogP contribution < -0.4 is 15.4 Å². The highest BCUT2D eigenvalue weighted by Gasteiger charge is 2.22. The first-order valence-corrected chi connectivity index (χ1v) is 10.3. The van der Waals surface area contributed by atoms with Gasteiger partial charge in [-0.3, -0.25) is 4.98 Å². The second-order valence-electron chi connectivity index (χ2n) is 7.44. The van der Waals surface area contributed by atoms with Crippen LogP contribution in [0.1, 0.15) is 41.3 Å². The van der Waals surface area contributed by atoms with Crippen molar-refractivity contribution in [2.45, 2.75) is 32.0 Å². The van der Waals surface area contributed by atoms with Gasteiger partial charge in [0.25, 0.3) is 0 Å². The summed E-state index contributed by atoms with van der Waals surface area (Å²) in [6.45, 7) is 3.20. The van der Waals surface area contributed by atoms with Gasteiger partial charge in [-0.25, -0.2) is 4.99 Å². The molecule has 3 heterocycles. The number of aryl methyl sites for hydroxylation is 1. The fourth-order valence-corrected chi connectivity index (χ4v) is 3.44. The van der Waals surface area contributed by atoms with Crippen molar-refractivity contribution in [2.24, 2.45) is 12.0 Å². The second kappa shape index (κ2) is 11.2. The molecule has 1 aromatic carbocycles. The summed E-state index contributed by atoms with van der Waals surface area (Å²) in [5, 5.41) is 25.6. The average Bonchev–Trinajstić information content (AvgIpc) is 3.13. The largest absolute Gasteiger partial charge is 0.493 e. The lowest BCUT2D eigenvalue weighted by Gasteiger charge is -2.28. The van der Waals surface area contributed by atoms with E-state index in [1.165, 1.54) is 0 Å². The van der Waals surface area contributed by atoms with E-state index in [0.717, 1.165) is 34.9 Å². The number of aliphatic hydroxyl groups is 1. The van der Waals surface area contributed by atoms with Crippen LogP contribution >= 0.6 is 24.0 Å². The standard InChI is InChI=1S/C22H27N7O2.HI/c1-15-27-28-21(29(15)2)14-25-22(24-13-19(30)16-7-10-23-11-8-16)26-18-9-12-31-20-6-4-3-5-17(18)20;/h3-8,10-11,18-19,30H,9,12-14H2,1-2H3,(H2,24,25,26);1H. The number of rotatable bonds is 6. The van der Waals surface area contributed by atoms with Crippen LogP contribution in [0, 0.1) is 6.92 Å². The zero-order chi connectivity index (χ0) is 21.6. The summed E-state index contributed by atoms with van der Waals surface area (Å²) in [6.07, 6.45) is 3.46. The molecule has 32 heavy (non-hydrogen) atoms. The number of para-hydroxylation sites is 1. The van der Waals surface area contributed by atoms with Crippen LogP contribution in [0.5, 0.6) is 5.75 Å². The molecule has 10 heteroatoms. The maximum absolute atomic E-state index is 10.5. The number of fused-ring (bicyclic) bond motifs is 1. The summed E-state index contributed by atoms with van der Waals surface area (Å²) in [5.74, 6) is 3.07. The lowest BCUT2D eigenvalue weighted by Crippen LogP contribution is -2.42. The van der Waals surface area contributed by atoms with Gasteiger partial charge < -0.3 is 25.0 Å². The molecule has 3 N–H and O–H groups in total. The Morgan fingerprint density at radius 3 is 2.78 bits per heavy atom. The van der Waals surface area contributed by atoms with Gasteiger partial charge in [0.1, 0.15) is 18.1 Å². The molecule has 4 rings (SSSR count). The Balaban J connectivity index is 0.00000289. The molecule has 0 aliphatic carbocycles. The average molecular weight is 549 g/mol. The molecule has 3 aromatic rings. The molecule has 1 aliphatic rings. The fraction of sp³-hybridized carbons (Fsp3) is 0.364. The normalized spacial score (nSPS) is 16.3. The van der Waals surface area contributed by atoms with E-state index in [1.807, 2.05) is 36.7 Å². The van der Waals surface area contributed by atoms with Crippen LogP contribution in [0.25, 0.3) is 0 Å². The molecular weight excluding hydrogens is 521 g/mol. The minimum absolute atomic E-state index is 0. The van der Waals surface area contributed by atoms with E-state index in [9.17, 15) is 5.11 Å². The van der Waals surface area contributed by atoms with Crippen LogP contribution in [-0.2, 0) is 13.6 Å². The Morgan fingerprint density at radius 1 is 1.25 bits per heavy atom. The summed E-state index contributed by atoms with van der Waals surface area (Å²) >= 11 is 0. The van der Waals surface area contributed by atoms with E-state index in [1.54, 1.807) is 24.5 Å². The van der Waals surface area contributed by atoms with Gasteiger partial charge in [0.05, 0.1) is 18.8 Å². The van der Waals surface area contributed by atoms with Gasteiger partial charge in [-0.2, -0.15) is 0 Å².